The molecule has 0 spiro atoms. The number of benzene rings is 1. The Morgan fingerprint density at radius 3 is 2.30 bits per heavy atom. The van der Waals surface area contributed by atoms with Crippen LogP contribution >= 0.6 is 0 Å². The zero-order chi connectivity index (χ0) is 20.1. The van der Waals surface area contributed by atoms with Gasteiger partial charge in [-0.1, -0.05) is 25.1 Å². The molecule has 0 saturated carbocycles. The molecule has 8 nitrogen and oxygen atoms in total. The van der Waals surface area contributed by atoms with Crippen LogP contribution in [0.25, 0.3) is 0 Å². The average Bonchev–Trinajstić information content (AvgIpc) is 2.64. The van der Waals surface area contributed by atoms with Gasteiger partial charge in [-0.15, -0.1) is 0 Å². The van der Waals surface area contributed by atoms with Crippen LogP contribution in [0, 0.1) is 10.1 Å². The second-order valence-corrected chi connectivity index (χ2v) is 6.08. The summed E-state index contributed by atoms with van der Waals surface area (Å²) in [5.74, 6) is -2.26. The molecule has 0 fully saturated rings. The largest absolute Gasteiger partial charge is 0.466 e. The molecule has 0 aromatic heterocycles. The number of methoxy groups -OCH3 is 1. The molecule has 2 rings (SSSR count). The minimum Gasteiger partial charge on any atom is -0.466 e. The average molecular weight is 374 g/mol. The number of rotatable bonds is 6. The lowest BCUT2D eigenvalue weighted by Crippen LogP contribution is -2.32. The third-order valence-electron chi connectivity index (χ3n) is 4.27. The molecular formula is C19H22N2O6. The number of nitro benzene ring substituents is 1. The van der Waals surface area contributed by atoms with Gasteiger partial charge in [0.2, 0.25) is 0 Å². The lowest BCUT2D eigenvalue weighted by molar-refractivity contribution is -0.385. The third-order valence-corrected chi connectivity index (χ3v) is 4.27. The summed E-state index contributed by atoms with van der Waals surface area (Å²) >= 11 is 0. The highest BCUT2D eigenvalue weighted by atomic mass is 16.6. The van der Waals surface area contributed by atoms with Crippen molar-refractivity contribution in [1.29, 1.82) is 0 Å². The van der Waals surface area contributed by atoms with E-state index in [9.17, 15) is 19.7 Å². The van der Waals surface area contributed by atoms with E-state index in [1.807, 2.05) is 6.92 Å². The molecule has 0 amide bonds. The highest BCUT2D eigenvalue weighted by Gasteiger charge is 2.40. The first-order chi connectivity index (χ1) is 12.8. The van der Waals surface area contributed by atoms with Gasteiger partial charge in [-0.2, -0.15) is 0 Å². The maximum Gasteiger partial charge on any atom is 0.336 e. The van der Waals surface area contributed by atoms with Gasteiger partial charge >= 0.3 is 11.9 Å². The van der Waals surface area contributed by atoms with E-state index >= 15 is 0 Å². The first-order valence-electron chi connectivity index (χ1n) is 8.50. The van der Waals surface area contributed by atoms with E-state index in [1.165, 1.54) is 25.3 Å². The molecule has 0 aliphatic carbocycles. The molecule has 1 unspecified atom stereocenters. The Morgan fingerprint density at radius 1 is 1.15 bits per heavy atom. The van der Waals surface area contributed by atoms with E-state index in [0.29, 0.717) is 17.8 Å². The maximum absolute atomic E-state index is 12.7. The van der Waals surface area contributed by atoms with Crippen LogP contribution in [0.5, 0.6) is 0 Å². The third kappa shape index (κ3) is 3.99. The second-order valence-electron chi connectivity index (χ2n) is 6.08. The molecule has 0 radical (unpaired) electrons. The number of allylic oxidation sites excluding steroid dienone is 2. The number of dihydropyridines is 1. The van der Waals surface area contributed by atoms with Gasteiger partial charge < -0.3 is 14.8 Å². The van der Waals surface area contributed by atoms with Gasteiger partial charge in [0.15, 0.2) is 0 Å². The van der Waals surface area contributed by atoms with Crippen LogP contribution in [0.2, 0.25) is 0 Å². The molecule has 1 atom stereocenters. The Labute approximate surface area is 157 Å². The summed E-state index contributed by atoms with van der Waals surface area (Å²) in [5, 5.41) is 14.5. The number of hydrogen-bond donors (Lipinski definition) is 1. The minimum atomic E-state index is -0.968. The Balaban J connectivity index is 2.72. The minimum absolute atomic E-state index is 0.140. The quantitative estimate of drug-likeness (QED) is 0.463. The van der Waals surface area contributed by atoms with Crippen molar-refractivity contribution >= 4 is 17.6 Å². The molecule has 27 heavy (non-hydrogen) atoms. The van der Waals surface area contributed by atoms with E-state index in [0.717, 1.165) is 0 Å². The van der Waals surface area contributed by atoms with Gasteiger partial charge in [0.1, 0.15) is 0 Å². The molecule has 0 bridgehead atoms. The van der Waals surface area contributed by atoms with Crippen molar-refractivity contribution in [2.75, 3.05) is 13.7 Å². The standard InChI is InChI=1S/C19H22N2O6/c1-5-10-27-19(23)16-12(3)20-11(2)15(18(22)26-4)17(16)13-8-6-7-9-14(13)21(24)25/h6-9,17,20H,5,10H2,1-4H3. The van der Waals surface area contributed by atoms with Crippen molar-refractivity contribution < 1.29 is 24.0 Å². The van der Waals surface area contributed by atoms with Crippen LogP contribution in [-0.4, -0.2) is 30.6 Å². The molecule has 0 saturated heterocycles. The number of carbonyl (C=O) groups excluding carboxylic acids is 2. The fourth-order valence-corrected chi connectivity index (χ4v) is 3.13. The Bertz CT molecular complexity index is 840. The number of hydrogen-bond acceptors (Lipinski definition) is 7. The molecule has 1 aliphatic rings. The molecular weight excluding hydrogens is 352 g/mol. The monoisotopic (exact) mass is 374 g/mol. The van der Waals surface area contributed by atoms with Crippen LogP contribution in [0.15, 0.2) is 46.8 Å². The number of nitro groups is 1. The van der Waals surface area contributed by atoms with Gasteiger partial charge in [0, 0.05) is 23.0 Å². The molecule has 1 aromatic rings. The normalized spacial score (nSPS) is 16.7. The van der Waals surface area contributed by atoms with E-state index in [1.54, 1.807) is 19.9 Å². The molecule has 1 N–H and O–H groups in total. The van der Waals surface area contributed by atoms with Crippen LogP contribution in [-0.2, 0) is 19.1 Å². The van der Waals surface area contributed by atoms with Gasteiger partial charge in [0.25, 0.3) is 5.69 Å². The smallest absolute Gasteiger partial charge is 0.336 e. The molecule has 8 heteroatoms. The van der Waals surface area contributed by atoms with Crippen LogP contribution in [0.4, 0.5) is 5.69 Å². The fourth-order valence-electron chi connectivity index (χ4n) is 3.13. The summed E-state index contributed by atoms with van der Waals surface area (Å²) in [4.78, 5) is 36.2. The fraction of sp³-hybridized carbons (Fsp3) is 0.368. The number of ether oxygens (including phenoxy) is 2. The summed E-state index contributed by atoms with van der Waals surface area (Å²) < 4.78 is 10.1. The summed E-state index contributed by atoms with van der Waals surface area (Å²) in [7, 11) is 1.22. The number of para-hydroxylation sites is 1. The molecule has 1 aliphatic heterocycles. The van der Waals surface area contributed by atoms with Crippen molar-refractivity contribution in [2.24, 2.45) is 0 Å². The lowest BCUT2D eigenvalue weighted by Gasteiger charge is -2.30. The Morgan fingerprint density at radius 2 is 1.74 bits per heavy atom. The number of carbonyl (C=O) groups is 2. The van der Waals surface area contributed by atoms with Gasteiger partial charge in [-0.3, -0.25) is 10.1 Å². The van der Waals surface area contributed by atoms with Crippen LogP contribution < -0.4 is 5.32 Å². The topological polar surface area (TPSA) is 108 Å². The van der Waals surface area contributed by atoms with Crippen molar-refractivity contribution in [3.8, 4) is 0 Å². The van der Waals surface area contributed by atoms with Crippen molar-refractivity contribution in [3.05, 3.63) is 62.5 Å². The first-order valence-corrected chi connectivity index (χ1v) is 8.50. The van der Waals surface area contributed by atoms with Gasteiger partial charge in [-0.05, 0) is 20.3 Å². The van der Waals surface area contributed by atoms with E-state index in [4.69, 9.17) is 9.47 Å². The highest BCUT2D eigenvalue weighted by molar-refractivity contribution is 6.00. The second kappa shape index (κ2) is 8.48. The predicted octanol–water partition coefficient (Wildman–Crippen LogP) is 2.96. The zero-order valence-electron chi connectivity index (χ0n) is 15.7. The number of nitrogens with one attached hydrogen (secondary N) is 1. The van der Waals surface area contributed by atoms with Crippen molar-refractivity contribution in [1.82, 2.24) is 5.32 Å². The summed E-state index contributed by atoms with van der Waals surface area (Å²) in [5.41, 5.74) is 1.28. The first kappa shape index (κ1) is 20.2. The highest BCUT2D eigenvalue weighted by Crippen LogP contribution is 2.42. The van der Waals surface area contributed by atoms with Gasteiger partial charge in [-0.25, -0.2) is 9.59 Å². The molecule has 1 aromatic carbocycles. The van der Waals surface area contributed by atoms with Crippen molar-refractivity contribution in [2.45, 2.75) is 33.1 Å². The zero-order valence-corrected chi connectivity index (χ0v) is 15.7. The van der Waals surface area contributed by atoms with Gasteiger partial charge in [0.05, 0.1) is 35.7 Å². The van der Waals surface area contributed by atoms with Crippen molar-refractivity contribution in [3.63, 3.8) is 0 Å². The van der Waals surface area contributed by atoms with E-state index in [2.05, 4.69) is 5.32 Å². The summed E-state index contributed by atoms with van der Waals surface area (Å²) in [6.45, 7) is 5.39. The number of nitrogens with zero attached hydrogens (tertiary/aromatic N) is 1. The lowest BCUT2D eigenvalue weighted by atomic mass is 9.79. The SMILES string of the molecule is CCCOC(=O)C1=C(C)NC(C)=C(C(=O)OC)C1c1ccccc1[N+](=O)[O-]. The molecule has 144 valence electrons. The van der Waals surface area contributed by atoms with E-state index < -0.39 is 22.8 Å². The van der Waals surface area contributed by atoms with Crippen LogP contribution in [0.3, 0.4) is 0 Å². The summed E-state index contributed by atoms with van der Waals surface area (Å²) in [6.07, 6.45) is 0.625. The van der Waals surface area contributed by atoms with Crippen LogP contribution in [0.1, 0.15) is 38.7 Å². The summed E-state index contributed by atoms with van der Waals surface area (Å²) in [6, 6.07) is 6.03. The molecule has 1 heterocycles. The van der Waals surface area contributed by atoms with E-state index in [-0.39, 0.29) is 29.0 Å². The Hall–Kier alpha value is -3.16. The Kier molecular flexibility index (Phi) is 6.33. The maximum atomic E-state index is 12.7. The predicted molar refractivity (Wildman–Crippen MR) is 97.6 cm³/mol. The number of esters is 2.